The van der Waals surface area contributed by atoms with Crippen molar-refractivity contribution in [1.82, 2.24) is 10.2 Å². The third kappa shape index (κ3) is 3.86. The number of hydrogen-bond donors (Lipinski definition) is 1. The Bertz CT molecular complexity index is 610. The Labute approximate surface area is 127 Å². The average Bonchev–Trinajstić information content (AvgIpc) is 3.26. The van der Waals surface area contributed by atoms with Crippen LogP contribution in [-0.2, 0) is 16.1 Å². The van der Waals surface area contributed by atoms with Gasteiger partial charge in [0, 0.05) is 5.92 Å². The minimum Gasteiger partial charge on any atom is -0.364 e. The highest BCUT2D eigenvalue weighted by molar-refractivity contribution is 7.15. The van der Waals surface area contributed by atoms with E-state index in [0.717, 1.165) is 10.6 Å². The first kappa shape index (κ1) is 14.2. The maximum atomic E-state index is 12.0. The second kappa shape index (κ2) is 6.32. The van der Waals surface area contributed by atoms with Gasteiger partial charge in [-0.3, -0.25) is 10.1 Å². The second-order valence-corrected chi connectivity index (χ2v) is 6.16. The van der Waals surface area contributed by atoms with Gasteiger partial charge in [0.2, 0.25) is 5.13 Å². The van der Waals surface area contributed by atoms with Crippen molar-refractivity contribution >= 4 is 22.4 Å². The number of benzene rings is 1. The van der Waals surface area contributed by atoms with Gasteiger partial charge in [0.15, 0.2) is 0 Å². The van der Waals surface area contributed by atoms with Crippen molar-refractivity contribution in [3.05, 3.63) is 40.9 Å². The molecule has 1 N–H and O–H groups in total. The Morgan fingerprint density at radius 3 is 2.86 bits per heavy atom. The number of nitrogens with one attached hydrogen (secondary N) is 1. The van der Waals surface area contributed by atoms with E-state index in [0.29, 0.717) is 17.7 Å². The predicted molar refractivity (Wildman–Crippen MR) is 81.2 cm³/mol. The maximum absolute atomic E-state index is 12.0. The molecule has 3 rings (SSSR count). The van der Waals surface area contributed by atoms with Crippen LogP contribution in [0.4, 0.5) is 5.13 Å². The normalized spacial score (nSPS) is 15.7. The van der Waals surface area contributed by atoms with Crippen LogP contribution in [0, 0.1) is 0 Å². The van der Waals surface area contributed by atoms with Crippen molar-refractivity contribution in [3.8, 4) is 0 Å². The van der Waals surface area contributed by atoms with Crippen molar-refractivity contribution < 1.29 is 9.53 Å². The number of carbonyl (C=O) groups is 1. The molecule has 1 atom stereocenters. The highest BCUT2D eigenvalue weighted by Crippen LogP contribution is 2.42. The smallest absolute Gasteiger partial charge is 0.255 e. The number of aromatic nitrogens is 2. The van der Waals surface area contributed by atoms with Gasteiger partial charge in [-0.1, -0.05) is 41.7 Å². The first-order valence-corrected chi connectivity index (χ1v) is 7.84. The molecular weight excluding hydrogens is 286 g/mol. The lowest BCUT2D eigenvalue weighted by Crippen LogP contribution is -2.27. The molecular formula is C15H17N3O2S. The van der Waals surface area contributed by atoms with Gasteiger partial charge in [0.1, 0.15) is 11.1 Å². The summed E-state index contributed by atoms with van der Waals surface area (Å²) in [5.41, 5.74) is 1.05. The second-order valence-electron chi connectivity index (χ2n) is 5.15. The highest BCUT2D eigenvalue weighted by Gasteiger charge is 2.28. The Morgan fingerprint density at radius 2 is 2.14 bits per heavy atom. The summed E-state index contributed by atoms with van der Waals surface area (Å²) in [6, 6.07) is 9.79. The van der Waals surface area contributed by atoms with E-state index in [4.69, 9.17) is 4.74 Å². The van der Waals surface area contributed by atoms with Crippen molar-refractivity contribution in [2.24, 2.45) is 0 Å². The van der Waals surface area contributed by atoms with Crippen LogP contribution in [-0.4, -0.2) is 22.2 Å². The van der Waals surface area contributed by atoms with Crippen LogP contribution in [0.2, 0.25) is 0 Å². The van der Waals surface area contributed by atoms with E-state index >= 15 is 0 Å². The molecule has 0 radical (unpaired) electrons. The number of ether oxygens (including phenoxy) is 1. The van der Waals surface area contributed by atoms with Gasteiger partial charge in [-0.05, 0) is 25.3 Å². The Balaban J connectivity index is 1.49. The summed E-state index contributed by atoms with van der Waals surface area (Å²) < 4.78 is 5.57. The Morgan fingerprint density at radius 1 is 1.38 bits per heavy atom. The van der Waals surface area contributed by atoms with Crippen LogP contribution in [0.5, 0.6) is 0 Å². The van der Waals surface area contributed by atoms with E-state index < -0.39 is 6.10 Å². The number of amides is 1. The van der Waals surface area contributed by atoms with E-state index in [2.05, 4.69) is 15.5 Å². The van der Waals surface area contributed by atoms with E-state index in [-0.39, 0.29) is 5.91 Å². The van der Waals surface area contributed by atoms with Gasteiger partial charge in [-0.25, -0.2) is 0 Å². The lowest BCUT2D eigenvalue weighted by atomic mass is 10.2. The molecule has 0 aliphatic heterocycles. The third-order valence-electron chi connectivity index (χ3n) is 3.31. The molecule has 1 aromatic heterocycles. The van der Waals surface area contributed by atoms with Crippen LogP contribution >= 0.6 is 11.3 Å². The Hall–Kier alpha value is -1.79. The molecule has 2 aromatic rings. The predicted octanol–water partition coefficient (Wildman–Crippen LogP) is 2.96. The number of carbonyl (C=O) groups excluding carboxylic acids is 1. The lowest BCUT2D eigenvalue weighted by Gasteiger charge is -2.11. The fraction of sp³-hybridized carbons (Fsp3) is 0.400. The van der Waals surface area contributed by atoms with Gasteiger partial charge in [-0.15, -0.1) is 10.2 Å². The van der Waals surface area contributed by atoms with Crippen molar-refractivity contribution in [3.63, 3.8) is 0 Å². The summed E-state index contributed by atoms with van der Waals surface area (Å²) in [5.74, 6) is 0.365. The fourth-order valence-electron chi connectivity index (χ4n) is 1.86. The molecule has 6 heteroatoms. The van der Waals surface area contributed by atoms with Gasteiger partial charge >= 0.3 is 0 Å². The van der Waals surface area contributed by atoms with E-state index in [1.54, 1.807) is 6.92 Å². The first-order valence-electron chi connectivity index (χ1n) is 7.02. The number of anilines is 1. The minimum atomic E-state index is -0.529. The Kier molecular flexibility index (Phi) is 4.26. The van der Waals surface area contributed by atoms with E-state index in [1.165, 1.54) is 24.2 Å². The molecule has 0 spiro atoms. The number of nitrogens with zero attached hydrogens (tertiary/aromatic N) is 2. The summed E-state index contributed by atoms with van der Waals surface area (Å²) in [7, 11) is 0. The number of hydrogen-bond acceptors (Lipinski definition) is 5. The van der Waals surface area contributed by atoms with Crippen molar-refractivity contribution in [2.45, 2.75) is 38.4 Å². The molecule has 0 unspecified atom stereocenters. The van der Waals surface area contributed by atoms with Crippen LogP contribution in [0.1, 0.15) is 36.3 Å². The molecule has 1 fully saturated rings. The van der Waals surface area contributed by atoms with Crippen molar-refractivity contribution in [1.29, 1.82) is 0 Å². The monoisotopic (exact) mass is 303 g/mol. The topological polar surface area (TPSA) is 64.1 Å². The molecule has 0 bridgehead atoms. The summed E-state index contributed by atoms with van der Waals surface area (Å²) >= 11 is 1.45. The molecule has 1 heterocycles. The molecule has 1 saturated carbocycles. The van der Waals surface area contributed by atoms with Crippen LogP contribution in [0.25, 0.3) is 0 Å². The van der Waals surface area contributed by atoms with Crippen LogP contribution in [0.3, 0.4) is 0 Å². The van der Waals surface area contributed by atoms with Crippen LogP contribution < -0.4 is 5.32 Å². The van der Waals surface area contributed by atoms with Gasteiger partial charge in [0.05, 0.1) is 6.61 Å². The van der Waals surface area contributed by atoms with Gasteiger partial charge < -0.3 is 4.74 Å². The molecule has 110 valence electrons. The highest BCUT2D eigenvalue weighted by atomic mass is 32.1. The zero-order valence-corrected chi connectivity index (χ0v) is 12.6. The molecule has 1 amide bonds. The largest absolute Gasteiger partial charge is 0.364 e. The summed E-state index contributed by atoms with van der Waals surface area (Å²) in [6.45, 7) is 2.15. The van der Waals surface area contributed by atoms with Crippen molar-refractivity contribution in [2.75, 3.05) is 5.32 Å². The standard InChI is InChI=1S/C15H17N3O2S/c1-10(20-9-11-5-3-2-4-6-11)13(19)16-15-18-17-14(21-15)12-7-8-12/h2-6,10,12H,7-9H2,1H3,(H,16,18,19)/t10-/m0/s1. The molecule has 1 aromatic carbocycles. The average molecular weight is 303 g/mol. The SMILES string of the molecule is C[C@H](OCc1ccccc1)C(=O)Nc1nnc(C2CC2)s1. The molecule has 1 aliphatic carbocycles. The third-order valence-corrected chi connectivity index (χ3v) is 4.31. The molecule has 5 nitrogen and oxygen atoms in total. The van der Waals surface area contributed by atoms with Gasteiger partial charge in [0.25, 0.3) is 5.91 Å². The van der Waals surface area contributed by atoms with Gasteiger partial charge in [-0.2, -0.15) is 0 Å². The van der Waals surface area contributed by atoms with E-state index in [1.807, 2.05) is 30.3 Å². The summed E-state index contributed by atoms with van der Waals surface area (Å²) in [6.07, 6.45) is 1.83. The van der Waals surface area contributed by atoms with E-state index in [9.17, 15) is 4.79 Å². The lowest BCUT2D eigenvalue weighted by molar-refractivity contribution is -0.127. The molecule has 0 saturated heterocycles. The quantitative estimate of drug-likeness (QED) is 0.891. The fourth-order valence-corrected chi connectivity index (χ4v) is 2.77. The first-order chi connectivity index (χ1) is 10.2. The zero-order chi connectivity index (χ0) is 14.7. The summed E-state index contributed by atoms with van der Waals surface area (Å²) in [5, 5.41) is 12.4. The zero-order valence-electron chi connectivity index (χ0n) is 11.8. The summed E-state index contributed by atoms with van der Waals surface area (Å²) in [4.78, 5) is 12.0. The molecule has 21 heavy (non-hydrogen) atoms. The maximum Gasteiger partial charge on any atom is 0.255 e. The molecule has 1 aliphatic rings. The number of rotatable bonds is 6. The van der Waals surface area contributed by atoms with Crippen LogP contribution in [0.15, 0.2) is 30.3 Å². The minimum absolute atomic E-state index is 0.190.